The standard InChI is InChI=1S/C11H14ClN3O2/c1-15-9-8(6-13-10(12)14-9)17-7-11(15)2-4-16-5-3-11/h6H,2-5,7H2,1H3. The number of rotatable bonds is 0. The number of likely N-dealkylation sites (N-methyl/N-ethyl adjacent to an activating group) is 1. The maximum atomic E-state index is 5.84. The second kappa shape index (κ2) is 3.99. The summed E-state index contributed by atoms with van der Waals surface area (Å²) in [6.07, 6.45) is 3.53. The Kier molecular flexibility index (Phi) is 2.60. The number of fused-ring (bicyclic) bond motifs is 1. The van der Waals surface area contributed by atoms with Crippen molar-refractivity contribution in [2.45, 2.75) is 18.4 Å². The lowest BCUT2D eigenvalue weighted by atomic mass is 9.88. The third-order valence-corrected chi connectivity index (χ3v) is 3.84. The summed E-state index contributed by atoms with van der Waals surface area (Å²) in [5.41, 5.74) is -0.0110. The lowest BCUT2D eigenvalue weighted by molar-refractivity contribution is 0.0265. The Labute approximate surface area is 105 Å². The van der Waals surface area contributed by atoms with Crippen LogP contribution in [0.1, 0.15) is 12.8 Å². The first-order valence-electron chi connectivity index (χ1n) is 5.68. The summed E-state index contributed by atoms with van der Waals surface area (Å²) in [6.45, 7) is 2.19. The van der Waals surface area contributed by atoms with Gasteiger partial charge in [-0.3, -0.25) is 0 Å². The molecule has 2 aliphatic heterocycles. The Morgan fingerprint density at radius 2 is 2.18 bits per heavy atom. The third-order valence-electron chi connectivity index (χ3n) is 3.66. The molecule has 0 atom stereocenters. The SMILES string of the molecule is CN1c2nc(Cl)ncc2OCC12CCOCC2. The van der Waals surface area contributed by atoms with E-state index in [1.54, 1.807) is 6.20 Å². The van der Waals surface area contributed by atoms with Crippen LogP contribution in [0.5, 0.6) is 5.75 Å². The fraction of sp³-hybridized carbons (Fsp3) is 0.636. The molecule has 0 unspecified atom stereocenters. The molecule has 17 heavy (non-hydrogen) atoms. The van der Waals surface area contributed by atoms with Gasteiger partial charge in [-0.05, 0) is 24.4 Å². The highest BCUT2D eigenvalue weighted by Crippen LogP contribution is 2.39. The monoisotopic (exact) mass is 255 g/mol. The van der Waals surface area contributed by atoms with E-state index in [1.807, 2.05) is 7.05 Å². The molecule has 0 bridgehead atoms. The number of nitrogens with zero attached hydrogens (tertiary/aromatic N) is 3. The van der Waals surface area contributed by atoms with Gasteiger partial charge in [0.2, 0.25) is 5.28 Å². The highest BCUT2D eigenvalue weighted by Gasteiger charge is 2.42. The summed E-state index contributed by atoms with van der Waals surface area (Å²) in [5.74, 6) is 1.48. The third kappa shape index (κ3) is 1.73. The van der Waals surface area contributed by atoms with Gasteiger partial charge in [-0.15, -0.1) is 0 Å². The molecule has 1 saturated heterocycles. The maximum absolute atomic E-state index is 5.84. The zero-order valence-corrected chi connectivity index (χ0v) is 10.4. The summed E-state index contributed by atoms with van der Waals surface area (Å²) < 4.78 is 11.2. The van der Waals surface area contributed by atoms with E-state index < -0.39 is 0 Å². The topological polar surface area (TPSA) is 47.5 Å². The number of ether oxygens (including phenoxy) is 2. The van der Waals surface area contributed by atoms with Gasteiger partial charge in [-0.2, -0.15) is 4.98 Å². The lowest BCUT2D eigenvalue weighted by Crippen LogP contribution is -2.57. The van der Waals surface area contributed by atoms with Crippen LogP contribution in [0.15, 0.2) is 6.20 Å². The van der Waals surface area contributed by atoms with Crippen LogP contribution < -0.4 is 9.64 Å². The first kappa shape index (κ1) is 11.0. The second-order valence-corrected chi connectivity index (χ2v) is 4.85. The molecule has 0 radical (unpaired) electrons. The summed E-state index contributed by atoms with van der Waals surface area (Å²) in [7, 11) is 2.04. The van der Waals surface area contributed by atoms with Gasteiger partial charge < -0.3 is 14.4 Å². The highest BCUT2D eigenvalue weighted by atomic mass is 35.5. The molecule has 1 aromatic rings. The number of aromatic nitrogens is 2. The Balaban J connectivity index is 1.98. The zero-order valence-electron chi connectivity index (χ0n) is 9.65. The molecule has 92 valence electrons. The molecule has 0 saturated carbocycles. The van der Waals surface area contributed by atoms with Gasteiger partial charge >= 0.3 is 0 Å². The van der Waals surface area contributed by atoms with Crippen molar-refractivity contribution in [3.63, 3.8) is 0 Å². The molecular weight excluding hydrogens is 242 g/mol. The van der Waals surface area contributed by atoms with Crippen molar-refractivity contribution in [1.29, 1.82) is 0 Å². The summed E-state index contributed by atoms with van der Waals surface area (Å²) in [4.78, 5) is 10.4. The minimum atomic E-state index is -0.0110. The molecule has 0 amide bonds. The average molecular weight is 256 g/mol. The van der Waals surface area contributed by atoms with Gasteiger partial charge in [-0.1, -0.05) is 0 Å². The molecule has 0 aliphatic carbocycles. The quantitative estimate of drug-likeness (QED) is 0.658. The normalized spacial score (nSPS) is 22.1. The Morgan fingerprint density at radius 1 is 1.41 bits per heavy atom. The van der Waals surface area contributed by atoms with Crippen molar-refractivity contribution in [2.24, 2.45) is 0 Å². The molecule has 1 aromatic heterocycles. The molecule has 1 spiro atoms. The minimum absolute atomic E-state index is 0.0110. The fourth-order valence-corrected chi connectivity index (χ4v) is 2.58. The number of hydrogen-bond donors (Lipinski definition) is 0. The van der Waals surface area contributed by atoms with Gasteiger partial charge in [0.15, 0.2) is 11.6 Å². The van der Waals surface area contributed by atoms with Crippen LogP contribution >= 0.6 is 11.6 Å². The van der Waals surface area contributed by atoms with Gasteiger partial charge in [0.05, 0.1) is 11.7 Å². The van der Waals surface area contributed by atoms with Crippen LogP contribution in [0, 0.1) is 0 Å². The van der Waals surface area contributed by atoms with Crippen LogP contribution in [-0.4, -0.2) is 42.4 Å². The van der Waals surface area contributed by atoms with Crippen LogP contribution in [0.25, 0.3) is 0 Å². The predicted molar refractivity (Wildman–Crippen MR) is 63.7 cm³/mol. The van der Waals surface area contributed by atoms with Gasteiger partial charge in [0, 0.05) is 20.3 Å². The van der Waals surface area contributed by atoms with Crippen LogP contribution in [0.3, 0.4) is 0 Å². The zero-order chi connectivity index (χ0) is 11.9. The van der Waals surface area contributed by atoms with E-state index in [4.69, 9.17) is 21.1 Å². The Hall–Kier alpha value is -1.07. The number of hydrogen-bond acceptors (Lipinski definition) is 5. The molecule has 3 rings (SSSR count). The van der Waals surface area contributed by atoms with Crippen molar-refractivity contribution in [1.82, 2.24) is 9.97 Å². The molecule has 1 fully saturated rings. The van der Waals surface area contributed by atoms with E-state index in [1.165, 1.54) is 0 Å². The molecule has 2 aliphatic rings. The predicted octanol–water partition coefficient (Wildman–Crippen LogP) is 1.51. The molecule has 6 heteroatoms. The number of halogens is 1. The van der Waals surface area contributed by atoms with Crippen molar-refractivity contribution in [2.75, 3.05) is 31.8 Å². The summed E-state index contributed by atoms with van der Waals surface area (Å²) in [5, 5.41) is 0.253. The highest BCUT2D eigenvalue weighted by molar-refractivity contribution is 6.28. The molecule has 5 nitrogen and oxygen atoms in total. The molecule has 0 N–H and O–H groups in total. The molecule has 3 heterocycles. The van der Waals surface area contributed by atoms with E-state index in [9.17, 15) is 0 Å². The van der Waals surface area contributed by atoms with Crippen LogP contribution in [-0.2, 0) is 4.74 Å². The van der Waals surface area contributed by atoms with Crippen molar-refractivity contribution < 1.29 is 9.47 Å². The van der Waals surface area contributed by atoms with E-state index in [-0.39, 0.29) is 10.8 Å². The lowest BCUT2D eigenvalue weighted by Gasteiger charge is -2.47. The van der Waals surface area contributed by atoms with Gasteiger partial charge in [0.25, 0.3) is 0 Å². The van der Waals surface area contributed by atoms with E-state index in [2.05, 4.69) is 14.9 Å². The first-order valence-corrected chi connectivity index (χ1v) is 6.06. The largest absolute Gasteiger partial charge is 0.486 e. The molecular formula is C11H14ClN3O2. The smallest absolute Gasteiger partial charge is 0.224 e. The first-order chi connectivity index (χ1) is 8.21. The van der Waals surface area contributed by atoms with Crippen molar-refractivity contribution in [3.05, 3.63) is 11.5 Å². The van der Waals surface area contributed by atoms with E-state index >= 15 is 0 Å². The summed E-state index contributed by atoms with van der Waals surface area (Å²) in [6, 6.07) is 0. The number of anilines is 1. The van der Waals surface area contributed by atoms with Crippen LogP contribution in [0.4, 0.5) is 5.82 Å². The Bertz CT molecular complexity index is 435. The van der Waals surface area contributed by atoms with Gasteiger partial charge in [0.1, 0.15) is 6.61 Å². The van der Waals surface area contributed by atoms with Crippen LogP contribution in [0.2, 0.25) is 5.28 Å². The van der Waals surface area contributed by atoms with Crippen molar-refractivity contribution in [3.8, 4) is 5.75 Å². The van der Waals surface area contributed by atoms with E-state index in [0.29, 0.717) is 12.4 Å². The summed E-state index contributed by atoms with van der Waals surface area (Å²) >= 11 is 5.84. The average Bonchev–Trinajstić information content (AvgIpc) is 2.36. The van der Waals surface area contributed by atoms with Crippen molar-refractivity contribution >= 4 is 17.4 Å². The van der Waals surface area contributed by atoms with Gasteiger partial charge in [-0.25, -0.2) is 4.98 Å². The minimum Gasteiger partial charge on any atom is -0.486 e. The fourth-order valence-electron chi connectivity index (χ4n) is 2.45. The maximum Gasteiger partial charge on any atom is 0.224 e. The van der Waals surface area contributed by atoms with E-state index in [0.717, 1.165) is 31.9 Å². The second-order valence-electron chi connectivity index (χ2n) is 4.51. The molecule has 0 aromatic carbocycles. The Morgan fingerprint density at radius 3 is 2.94 bits per heavy atom.